The summed E-state index contributed by atoms with van der Waals surface area (Å²) in [6.07, 6.45) is 0. The Balaban J connectivity index is 2.45. The topological polar surface area (TPSA) is 27.7 Å². The molecule has 0 bridgehead atoms. The second-order valence-corrected chi connectivity index (χ2v) is 6.35. The van der Waals surface area contributed by atoms with Crippen LogP contribution >= 0.6 is 23.2 Å². The maximum absolute atomic E-state index is 6.31. The van der Waals surface area contributed by atoms with Gasteiger partial charge in [-0.05, 0) is 39.8 Å². The average Bonchev–Trinajstić information content (AvgIpc) is 2.48. The fraction of sp³-hybridized carbons (Fsp3) is 0.538. The van der Waals surface area contributed by atoms with Gasteiger partial charge in [-0.3, -0.25) is 0 Å². The lowest BCUT2D eigenvalue weighted by Crippen LogP contribution is -2.41. The Hall–Kier alpha value is -0.415. The van der Waals surface area contributed by atoms with Gasteiger partial charge in [0.1, 0.15) is 5.75 Å². The number of hydrogen-bond acceptors (Lipinski definition) is 3. The van der Waals surface area contributed by atoms with E-state index in [4.69, 9.17) is 37.2 Å². The third-order valence-electron chi connectivity index (χ3n) is 3.80. The second-order valence-electron chi connectivity index (χ2n) is 5.57. The lowest BCUT2D eigenvalue weighted by Gasteiger charge is -2.32. The number of benzene rings is 1. The first-order valence-corrected chi connectivity index (χ1v) is 6.83. The van der Waals surface area contributed by atoms with E-state index in [9.17, 15) is 0 Å². The van der Waals surface area contributed by atoms with Crippen LogP contribution in [0.25, 0.3) is 0 Å². The molecule has 2 rings (SSSR count). The molecular formula is C13H17BCl2O3. The number of ether oxygens (including phenoxy) is 1. The molecule has 0 aliphatic carbocycles. The third-order valence-corrected chi connectivity index (χ3v) is 4.52. The quantitative estimate of drug-likeness (QED) is 0.785. The minimum Gasteiger partial charge on any atom is -0.495 e. The van der Waals surface area contributed by atoms with Crippen LogP contribution in [0.1, 0.15) is 27.7 Å². The third kappa shape index (κ3) is 2.47. The SMILES string of the molecule is COc1ccc(Cl)c(B2OC(C)(C)C(C)(C)O2)c1Cl. The Morgan fingerprint density at radius 3 is 2.05 bits per heavy atom. The normalized spacial score (nSPS) is 20.7. The van der Waals surface area contributed by atoms with Gasteiger partial charge in [0, 0.05) is 10.5 Å². The average molecular weight is 303 g/mol. The summed E-state index contributed by atoms with van der Waals surface area (Å²) in [5, 5.41) is 0.929. The monoisotopic (exact) mass is 302 g/mol. The predicted octanol–water partition coefficient (Wildman–Crippen LogP) is 3.30. The van der Waals surface area contributed by atoms with Gasteiger partial charge < -0.3 is 14.0 Å². The van der Waals surface area contributed by atoms with Crippen molar-refractivity contribution in [2.75, 3.05) is 7.11 Å². The summed E-state index contributed by atoms with van der Waals surface area (Å²) >= 11 is 12.5. The highest BCUT2D eigenvalue weighted by Gasteiger charge is 2.53. The highest BCUT2D eigenvalue weighted by Crippen LogP contribution is 2.38. The summed E-state index contributed by atoms with van der Waals surface area (Å²) in [7, 11) is 0.962. The maximum Gasteiger partial charge on any atom is 0.498 e. The van der Waals surface area contributed by atoms with Gasteiger partial charge in [-0.15, -0.1) is 0 Å². The molecule has 1 aromatic rings. The van der Waals surface area contributed by atoms with Crippen molar-refractivity contribution in [2.45, 2.75) is 38.9 Å². The van der Waals surface area contributed by atoms with E-state index in [0.717, 1.165) is 0 Å². The lowest BCUT2D eigenvalue weighted by molar-refractivity contribution is 0.00578. The highest BCUT2D eigenvalue weighted by molar-refractivity contribution is 6.69. The second kappa shape index (κ2) is 4.85. The van der Waals surface area contributed by atoms with Crippen LogP contribution in [0.3, 0.4) is 0 Å². The van der Waals surface area contributed by atoms with Crippen LogP contribution in [0.5, 0.6) is 5.75 Å². The molecular weight excluding hydrogens is 286 g/mol. The zero-order valence-electron chi connectivity index (χ0n) is 11.7. The summed E-state index contributed by atoms with van der Waals surface area (Å²) in [4.78, 5) is 0. The zero-order valence-corrected chi connectivity index (χ0v) is 13.2. The molecule has 1 aliphatic heterocycles. The highest BCUT2D eigenvalue weighted by atomic mass is 35.5. The van der Waals surface area contributed by atoms with Gasteiger partial charge in [0.25, 0.3) is 0 Å². The fourth-order valence-corrected chi connectivity index (χ4v) is 2.51. The Labute approximate surface area is 124 Å². The van der Waals surface area contributed by atoms with Crippen molar-refractivity contribution in [3.05, 3.63) is 22.2 Å². The molecule has 19 heavy (non-hydrogen) atoms. The minimum atomic E-state index is -0.597. The van der Waals surface area contributed by atoms with Crippen molar-refractivity contribution in [3.8, 4) is 5.75 Å². The molecule has 0 unspecified atom stereocenters. The van der Waals surface area contributed by atoms with Crippen molar-refractivity contribution in [1.82, 2.24) is 0 Å². The van der Waals surface area contributed by atoms with Gasteiger partial charge in [-0.1, -0.05) is 23.2 Å². The molecule has 3 nitrogen and oxygen atoms in total. The van der Waals surface area contributed by atoms with Crippen LogP contribution in [0, 0.1) is 0 Å². The van der Waals surface area contributed by atoms with Crippen LogP contribution < -0.4 is 10.2 Å². The maximum atomic E-state index is 6.31. The summed E-state index contributed by atoms with van der Waals surface area (Å²) in [6.45, 7) is 7.92. The van der Waals surface area contributed by atoms with Crippen molar-refractivity contribution in [2.24, 2.45) is 0 Å². The molecule has 0 N–H and O–H groups in total. The van der Waals surface area contributed by atoms with E-state index in [1.807, 2.05) is 27.7 Å². The van der Waals surface area contributed by atoms with E-state index in [1.165, 1.54) is 0 Å². The van der Waals surface area contributed by atoms with E-state index in [2.05, 4.69) is 0 Å². The molecule has 6 heteroatoms. The van der Waals surface area contributed by atoms with Gasteiger partial charge in [-0.2, -0.15) is 0 Å². The summed E-state index contributed by atoms with van der Waals surface area (Å²) in [6, 6.07) is 3.45. The summed E-state index contributed by atoms with van der Waals surface area (Å²) in [5.74, 6) is 0.552. The van der Waals surface area contributed by atoms with Crippen LogP contribution in [-0.4, -0.2) is 25.4 Å². The molecule has 1 aliphatic rings. The van der Waals surface area contributed by atoms with E-state index < -0.39 is 18.3 Å². The first-order chi connectivity index (χ1) is 8.69. The Morgan fingerprint density at radius 2 is 1.58 bits per heavy atom. The number of hydrogen-bond donors (Lipinski definition) is 0. The number of methoxy groups -OCH3 is 1. The van der Waals surface area contributed by atoms with Crippen LogP contribution in [0.2, 0.25) is 10.0 Å². The van der Waals surface area contributed by atoms with Gasteiger partial charge in [0.15, 0.2) is 0 Å². The molecule has 0 atom stereocenters. The van der Waals surface area contributed by atoms with Gasteiger partial charge in [0.05, 0.1) is 23.3 Å². The van der Waals surface area contributed by atoms with Gasteiger partial charge in [-0.25, -0.2) is 0 Å². The molecule has 0 aromatic heterocycles. The Kier molecular flexibility index (Phi) is 3.82. The molecule has 0 spiro atoms. The predicted molar refractivity (Wildman–Crippen MR) is 78.7 cm³/mol. The van der Waals surface area contributed by atoms with Gasteiger partial charge in [0.2, 0.25) is 0 Å². The van der Waals surface area contributed by atoms with E-state index in [-0.39, 0.29) is 0 Å². The van der Waals surface area contributed by atoms with Crippen LogP contribution in [-0.2, 0) is 9.31 Å². The Bertz CT molecular complexity index is 487. The molecule has 0 radical (unpaired) electrons. The molecule has 0 saturated carbocycles. The minimum absolute atomic E-state index is 0.425. The summed E-state index contributed by atoms with van der Waals surface area (Å²) in [5.41, 5.74) is -0.262. The molecule has 1 saturated heterocycles. The first kappa shape index (κ1) is 15.0. The zero-order chi connectivity index (χ0) is 14.4. The fourth-order valence-electron chi connectivity index (χ4n) is 1.88. The standard InChI is InChI=1S/C13H17BCl2O3/c1-12(2)13(3,4)19-14(18-12)10-8(15)6-7-9(17-5)11(10)16/h6-7H,1-5H3. The number of rotatable bonds is 2. The smallest absolute Gasteiger partial charge is 0.495 e. The molecule has 0 amide bonds. The van der Waals surface area contributed by atoms with E-state index in [0.29, 0.717) is 21.3 Å². The van der Waals surface area contributed by atoms with Crippen molar-refractivity contribution >= 4 is 35.8 Å². The van der Waals surface area contributed by atoms with E-state index in [1.54, 1.807) is 19.2 Å². The largest absolute Gasteiger partial charge is 0.498 e. The van der Waals surface area contributed by atoms with Crippen LogP contribution in [0.4, 0.5) is 0 Å². The molecule has 1 heterocycles. The Morgan fingerprint density at radius 1 is 1.05 bits per heavy atom. The lowest BCUT2D eigenvalue weighted by atomic mass is 9.79. The van der Waals surface area contributed by atoms with Crippen molar-refractivity contribution in [3.63, 3.8) is 0 Å². The molecule has 1 aromatic carbocycles. The molecule has 1 fully saturated rings. The van der Waals surface area contributed by atoms with Crippen molar-refractivity contribution < 1.29 is 14.0 Å². The van der Waals surface area contributed by atoms with Crippen LogP contribution in [0.15, 0.2) is 12.1 Å². The van der Waals surface area contributed by atoms with E-state index >= 15 is 0 Å². The number of halogens is 2. The molecule has 104 valence electrons. The van der Waals surface area contributed by atoms with Gasteiger partial charge >= 0.3 is 7.12 Å². The summed E-state index contributed by atoms with van der Waals surface area (Å²) < 4.78 is 17.1. The van der Waals surface area contributed by atoms with Crippen molar-refractivity contribution in [1.29, 1.82) is 0 Å². The first-order valence-electron chi connectivity index (χ1n) is 6.07.